The van der Waals surface area contributed by atoms with Crippen molar-refractivity contribution >= 4 is 38.4 Å². The number of benzene rings is 2. The van der Waals surface area contributed by atoms with Crippen molar-refractivity contribution in [1.82, 2.24) is 0 Å². The first-order chi connectivity index (χ1) is 14.5. The van der Waals surface area contributed by atoms with Crippen molar-refractivity contribution in [3.05, 3.63) is 60.2 Å². The molecule has 2 saturated heterocycles. The van der Waals surface area contributed by atoms with Crippen LogP contribution in [0.3, 0.4) is 0 Å². The molecule has 2 aromatic rings. The van der Waals surface area contributed by atoms with Gasteiger partial charge in [-0.25, -0.2) is 8.42 Å². The van der Waals surface area contributed by atoms with Gasteiger partial charge in [0.15, 0.2) is 15.0 Å². The Morgan fingerprint density at radius 3 is 2.73 bits per heavy atom. The molecule has 1 amide bonds. The molecule has 0 aromatic heterocycles. The fourth-order valence-corrected chi connectivity index (χ4v) is 7.57. The monoisotopic (exact) mass is 444 g/mol. The molecule has 0 spiro atoms. The first-order valence-electron chi connectivity index (χ1n) is 10.0. The van der Waals surface area contributed by atoms with E-state index in [9.17, 15) is 13.2 Å². The van der Waals surface area contributed by atoms with Crippen molar-refractivity contribution in [3.63, 3.8) is 0 Å². The minimum absolute atomic E-state index is 0.0597. The van der Waals surface area contributed by atoms with Crippen molar-refractivity contribution < 1.29 is 17.9 Å². The summed E-state index contributed by atoms with van der Waals surface area (Å²) in [5.41, 5.74) is 1.30. The topological polar surface area (TPSA) is 76.0 Å². The first kappa shape index (κ1) is 20.9. The fraction of sp³-hybridized carbons (Fsp3) is 0.364. The number of amides is 1. The average Bonchev–Trinajstić information content (AvgIpc) is 3.19. The van der Waals surface area contributed by atoms with Crippen LogP contribution >= 0.6 is 11.8 Å². The second-order valence-electron chi connectivity index (χ2n) is 7.44. The molecule has 6 nitrogen and oxygen atoms in total. The lowest BCUT2D eigenvalue weighted by Crippen LogP contribution is -2.37. The number of nitrogens with zero attached hydrogens (tertiary/aromatic N) is 2. The maximum absolute atomic E-state index is 12.7. The Labute approximate surface area is 181 Å². The number of fused-ring (bicyclic) bond motifs is 1. The summed E-state index contributed by atoms with van der Waals surface area (Å²) in [4.78, 5) is 19.0. The summed E-state index contributed by atoms with van der Waals surface area (Å²) in [6.45, 7) is 2.73. The standard InChI is InChI=1S/C22H24N2O4S2/c1-2-3-12-28-18-11-7-10-17(13-18)24-19-14-30(26,27)15-20(19)29-22(24)23-21(25)16-8-5-4-6-9-16/h4-11,13,19-20H,2-3,12,14-15H2,1H3/t19-,20+/m0/s1. The molecule has 2 aliphatic heterocycles. The molecule has 0 aliphatic carbocycles. The van der Waals surface area contributed by atoms with Gasteiger partial charge in [-0.05, 0) is 30.7 Å². The zero-order valence-electron chi connectivity index (χ0n) is 16.7. The molecule has 2 aromatic carbocycles. The third-order valence-electron chi connectivity index (χ3n) is 5.15. The molecular formula is C22H24N2O4S2. The van der Waals surface area contributed by atoms with E-state index < -0.39 is 9.84 Å². The number of thioether (sulfide) groups is 1. The van der Waals surface area contributed by atoms with Gasteiger partial charge in [0.2, 0.25) is 0 Å². The van der Waals surface area contributed by atoms with Crippen molar-refractivity contribution in [3.8, 4) is 5.75 Å². The number of sulfone groups is 1. The predicted octanol–water partition coefficient (Wildman–Crippen LogP) is 3.78. The van der Waals surface area contributed by atoms with Gasteiger partial charge >= 0.3 is 0 Å². The number of carbonyl (C=O) groups excluding carboxylic acids is 1. The lowest BCUT2D eigenvalue weighted by Gasteiger charge is -2.25. The van der Waals surface area contributed by atoms with Crippen LogP contribution in [0.15, 0.2) is 59.6 Å². The molecule has 0 radical (unpaired) electrons. The first-order valence-corrected chi connectivity index (χ1v) is 12.7. The molecule has 8 heteroatoms. The van der Waals surface area contributed by atoms with Crippen molar-refractivity contribution in [2.24, 2.45) is 4.99 Å². The van der Waals surface area contributed by atoms with Crippen LogP contribution in [0, 0.1) is 0 Å². The zero-order valence-corrected chi connectivity index (χ0v) is 18.4. The van der Waals surface area contributed by atoms with Crippen molar-refractivity contribution in [2.75, 3.05) is 23.0 Å². The highest BCUT2D eigenvalue weighted by atomic mass is 32.2. The molecular weight excluding hydrogens is 420 g/mol. The number of hydrogen-bond acceptors (Lipinski definition) is 5. The number of unbranched alkanes of at least 4 members (excludes halogenated alkanes) is 1. The van der Waals surface area contributed by atoms with Crippen LogP contribution in [-0.4, -0.2) is 48.9 Å². The largest absolute Gasteiger partial charge is 0.494 e. The van der Waals surface area contributed by atoms with E-state index >= 15 is 0 Å². The number of hydrogen-bond donors (Lipinski definition) is 0. The fourth-order valence-electron chi connectivity index (χ4n) is 3.66. The molecule has 0 N–H and O–H groups in total. The van der Waals surface area contributed by atoms with Crippen LogP contribution in [-0.2, 0) is 9.84 Å². The summed E-state index contributed by atoms with van der Waals surface area (Å²) in [7, 11) is -3.11. The summed E-state index contributed by atoms with van der Waals surface area (Å²) in [6.07, 6.45) is 2.01. The molecule has 4 rings (SSSR count). The van der Waals surface area contributed by atoms with Crippen LogP contribution in [0.25, 0.3) is 0 Å². The maximum atomic E-state index is 12.7. The number of carbonyl (C=O) groups is 1. The predicted molar refractivity (Wildman–Crippen MR) is 121 cm³/mol. The van der Waals surface area contributed by atoms with E-state index in [4.69, 9.17) is 4.74 Å². The molecule has 158 valence electrons. The SMILES string of the molecule is CCCCOc1cccc(N2C(=NC(=O)c3ccccc3)S[C@@H]3CS(=O)(=O)C[C@@H]32)c1. The zero-order chi connectivity index (χ0) is 21.1. The van der Waals surface area contributed by atoms with Crippen LogP contribution in [0.2, 0.25) is 0 Å². The lowest BCUT2D eigenvalue weighted by atomic mass is 10.2. The Bertz CT molecular complexity index is 1050. The average molecular weight is 445 g/mol. The molecule has 2 aliphatic rings. The molecule has 0 unspecified atom stereocenters. The smallest absolute Gasteiger partial charge is 0.279 e. The Morgan fingerprint density at radius 2 is 1.97 bits per heavy atom. The van der Waals surface area contributed by atoms with E-state index in [0.717, 1.165) is 24.3 Å². The Kier molecular flexibility index (Phi) is 6.15. The van der Waals surface area contributed by atoms with Crippen molar-refractivity contribution in [1.29, 1.82) is 0 Å². The number of rotatable bonds is 6. The van der Waals surface area contributed by atoms with Gasteiger partial charge in [-0.1, -0.05) is 49.4 Å². The Morgan fingerprint density at radius 1 is 1.17 bits per heavy atom. The summed E-state index contributed by atoms with van der Waals surface area (Å²) in [6, 6.07) is 16.2. The molecule has 30 heavy (non-hydrogen) atoms. The third-order valence-corrected chi connectivity index (χ3v) is 8.36. The van der Waals surface area contributed by atoms with Gasteiger partial charge in [-0.15, -0.1) is 0 Å². The summed E-state index contributed by atoms with van der Waals surface area (Å²) < 4.78 is 30.3. The minimum atomic E-state index is -3.11. The van der Waals surface area contributed by atoms with Crippen LogP contribution in [0.1, 0.15) is 30.1 Å². The van der Waals surface area contributed by atoms with Crippen LogP contribution in [0.4, 0.5) is 5.69 Å². The normalized spacial score (nSPS) is 23.5. The minimum Gasteiger partial charge on any atom is -0.494 e. The van der Waals surface area contributed by atoms with Gasteiger partial charge < -0.3 is 9.64 Å². The number of ether oxygens (including phenoxy) is 1. The Hall–Kier alpha value is -2.32. The molecule has 2 atom stereocenters. The van der Waals surface area contributed by atoms with Crippen LogP contribution < -0.4 is 9.64 Å². The number of aliphatic imine (C=N–C) groups is 1. The summed E-state index contributed by atoms with van der Waals surface area (Å²) in [5.74, 6) is 0.555. The van der Waals surface area contributed by atoms with E-state index in [2.05, 4.69) is 11.9 Å². The molecule has 0 saturated carbocycles. The highest BCUT2D eigenvalue weighted by Crippen LogP contribution is 2.41. The van der Waals surface area contributed by atoms with E-state index in [0.29, 0.717) is 17.3 Å². The van der Waals surface area contributed by atoms with Crippen molar-refractivity contribution in [2.45, 2.75) is 31.1 Å². The van der Waals surface area contributed by atoms with Gasteiger partial charge in [-0.2, -0.15) is 4.99 Å². The number of amidine groups is 1. The highest BCUT2D eigenvalue weighted by molar-refractivity contribution is 8.16. The van der Waals surface area contributed by atoms with Gasteiger partial charge in [0.1, 0.15) is 5.75 Å². The molecule has 0 bridgehead atoms. The van der Waals surface area contributed by atoms with E-state index in [-0.39, 0.29) is 28.7 Å². The van der Waals surface area contributed by atoms with Gasteiger partial charge in [0, 0.05) is 22.6 Å². The quantitative estimate of drug-likeness (QED) is 0.631. The van der Waals surface area contributed by atoms with Gasteiger partial charge in [-0.3, -0.25) is 4.79 Å². The van der Waals surface area contributed by atoms with E-state index in [1.165, 1.54) is 11.8 Å². The molecule has 2 fully saturated rings. The maximum Gasteiger partial charge on any atom is 0.279 e. The Balaban J connectivity index is 1.66. The second kappa shape index (κ2) is 8.81. The van der Waals surface area contributed by atoms with Crippen LogP contribution in [0.5, 0.6) is 5.75 Å². The van der Waals surface area contributed by atoms with Gasteiger partial charge in [0.25, 0.3) is 5.91 Å². The molecule has 2 heterocycles. The third kappa shape index (κ3) is 4.54. The van der Waals surface area contributed by atoms with E-state index in [1.807, 2.05) is 35.2 Å². The number of anilines is 1. The lowest BCUT2D eigenvalue weighted by molar-refractivity contribution is 0.100. The second-order valence-corrected chi connectivity index (χ2v) is 10.8. The van der Waals surface area contributed by atoms with Gasteiger partial charge in [0.05, 0.1) is 24.2 Å². The summed E-state index contributed by atoms with van der Waals surface area (Å²) >= 11 is 1.37. The summed E-state index contributed by atoms with van der Waals surface area (Å²) in [5, 5.41) is 0.404. The highest BCUT2D eigenvalue weighted by Gasteiger charge is 2.49. The van der Waals surface area contributed by atoms with E-state index in [1.54, 1.807) is 24.3 Å².